The standard InChI is InChI=1S/C17H20N4O5S2/c1-10-9-21(11(2)22)13-8-12(5-6-14(13)26-10)28(23,24)20-17-19-18-16(27-17)15-4-3-7-25-15/h5-6,8,10,15H,3-4,7,9H2,1-2H3,(H,19,20). The molecule has 9 nitrogen and oxygen atoms in total. The lowest BCUT2D eigenvalue weighted by molar-refractivity contribution is -0.117. The molecular weight excluding hydrogens is 404 g/mol. The van der Waals surface area contributed by atoms with E-state index in [4.69, 9.17) is 9.47 Å². The number of rotatable bonds is 4. The first kappa shape index (κ1) is 19.1. The van der Waals surface area contributed by atoms with Gasteiger partial charge in [-0.25, -0.2) is 8.42 Å². The van der Waals surface area contributed by atoms with E-state index >= 15 is 0 Å². The van der Waals surface area contributed by atoms with Gasteiger partial charge < -0.3 is 14.4 Å². The minimum Gasteiger partial charge on any atom is -0.487 e. The van der Waals surface area contributed by atoms with Crippen molar-refractivity contribution in [3.05, 3.63) is 23.2 Å². The molecule has 1 saturated heterocycles. The summed E-state index contributed by atoms with van der Waals surface area (Å²) in [6.07, 6.45) is 1.51. The topological polar surface area (TPSA) is 111 Å². The average Bonchev–Trinajstić information content (AvgIpc) is 3.31. The van der Waals surface area contributed by atoms with E-state index in [0.717, 1.165) is 24.2 Å². The molecule has 3 heterocycles. The van der Waals surface area contributed by atoms with Crippen molar-refractivity contribution in [1.29, 1.82) is 0 Å². The number of sulfonamides is 1. The number of ether oxygens (including phenoxy) is 2. The number of carbonyl (C=O) groups is 1. The molecule has 11 heteroatoms. The molecule has 1 fully saturated rings. The summed E-state index contributed by atoms with van der Waals surface area (Å²) in [5, 5.41) is 8.79. The fraction of sp³-hybridized carbons (Fsp3) is 0.471. The number of nitrogens with zero attached hydrogens (tertiary/aromatic N) is 3. The number of hydrogen-bond donors (Lipinski definition) is 1. The number of anilines is 2. The second kappa shape index (κ2) is 7.30. The van der Waals surface area contributed by atoms with Crippen molar-refractivity contribution in [2.24, 2.45) is 0 Å². The summed E-state index contributed by atoms with van der Waals surface area (Å²) >= 11 is 1.16. The van der Waals surface area contributed by atoms with E-state index in [2.05, 4.69) is 14.9 Å². The predicted octanol–water partition coefficient (Wildman–Crippen LogP) is 2.32. The fourth-order valence-electron chi connectivity index (χ4n) is 3.23. The van der Waals surface area contributed by atoms with Gasteiger partial charge in [0.2, 0.25) is 11.0 Å². The number of fused-ring (bicyclic) bond motifs is 1. The van der Waals surface area contributed by atoms with E-state index in [1.807, 2.05) is 6.92 Å². The lowest BCUT2D eigenvalue weighted by Crippen LogP contribution is -2.41. The second-order valence-corrected chi connectivity index (χ2v) is 9.43. The van der Waals surface area contributed by atoms with Gasteiger partial charge in [-0.3, -0.25) is 9.52 Å². The van der Waals surface area contributed by atoms with Gasteiger partial charge in [0.1, 0.15) is 23.0 Å². The molecule has 1 aromatic carbocycles. The molecule has 2 atom stereocenters. The van der Waals surface area contributed by atoms with Crippen LogP contribution < -0.4 is 14.4 Å². The predicted molar refractivity (Wildman–Crippen MR) is 103 cm³/mol. The molecule has 1 aromatic heterocycles. The SMILES string of the molecule is CC(=O)N1CC(C)Oc2ccc(S(=O)(=O)Nc3nnc(C4CCCO4)s3)cc21. The summed E-state index contributed by atoms with van der Waals surface area (Å²) < 4.78 is 39.3. The normalized spacial score (nSPS) is 21.9. The highest BCUT2D eigenvalue weighted by molar-refractivity contribution is 7.93. The molecular formula is C17H20N4O5S2. The molecule has 1 amide bonds. The van der Waals surface area contributed by atoms with Crippen LogP contribution in [-0.2, 0) is 19.6 Å². The Kier molecular flexibility index (Phi) is 4.98. The van der Waals surface area contributed by atoms with Gasteiger partial charge in [0.15, 0.2) is 0 Å². The Bertz CT molecular complexity index is 1000. The molecule has 0 aliphatic carbocycles. The van der Waals surface area contributed by atoms with E-state index < -0.39 is 10.0 Å². The largest absolute Gasteiger partial charge is 0.487 e. The van der Waals surface area contributed by atoms with Crippen LogP contribution in [0.15, 0.2) is 23.1 Å². The van der Waals surface area contributed by atoms with E-state index in [1.54, 1.807) is 6.07 Å². The molecule has 2 aromatic rings. The molecule has 0 saturated carbocycles. The summed E-state index contributed by atoms with van der Waals surface area (Å²) in [5.74, 6) is 0.300. The summed E-state index contributed by atoms with van der Waals surface area (Å²) in [6.45, 7) is 4.33. The maximum absolute atomic E-state index is 12.8. The van der Waals surface area contributed by atoms with Crippen LogP contribution in [0.5, 0.6) is 5.75 Å². The molecule has 4 rings (SSSR count). The number of carbonyl (C=O) groups excluding carboxylic acids is 1. The summed E-state index contributed by atoms with van der Waals surface area (Å²) in [7, 11) is -3.90. The van der Waals surface area contributed by atoms with Crippen molar-refractivity contribution in [3.63, 3.8) is 0 Å². The van der Waals surface area contributed by atoms with Crippen LogP contribution in [0, 0.1) is 0 Å². The molecule has 0 bridgehead atoms. The first-order valence-electron chi connectivity index (χ1n) is 8.90. The van der Waals surface area contributed by atoms with Crippen molar-refractivity contribution in [3.8, 4) is 5.75 Å². The molecule has 28 heavy (non-hydrogen) atoms. The summed E-state index contributed by atoms with van der Waals surface area (Å²) in [6, 6.07) is 4.44. The summed E-state index contributed by atoms with van der Waals surface area (Å²) in [5.41, 5.74) is 0.436. The minimum absolute atomic E-state index is 0.0181. The third-order valence-corrected chi connectivity index (χ3v) is 6.94. The Morgan fingerprint density at radius 3 is 2.89 bits per heavy atom. The zero-order valence-electron chi connectivity index (χ0n) is 15.4. The van der Waals surface area contributed by atoms with Gasteiger partial charge in [0.25, 0.3) is 10.0 Å². The van der Waals surface area contributed by atoms with Crippen LogP contribution in [0.3, 0.4) is 0 Å². The number of nitrogens with one attached hydrogen (secondary N) is 1. The van der Waals surface area contributed by atoms with Gasteiger partial charge in [0, 0.05) is 13.5 Å². The van der Waals surface area contributed by atoms with Crippen molar-refractivity contribution in [2.45, 2.75) is 43.8 Å². The van der Waals surface area contributed by atoms with Gasteiger partial charge in [-0.1, -0.05) is 11.3 Å². The number of hydrogen-bond acceptors (Lipinski definition) is 8. The third-order valence-electron chi connectivity index (χ3n) is 4.55. The van der Waals surface area contributed by atoms with Gasteiger partial charge in [-0.05, 0) is 38.0 Å². The average molecular weight is 425 g/mol. The highest BCUT2D eigenvalue weighted by Gasteiger charge is 2.29. The van der Waals surface area contributed by atoms with Crippen molar-refractivity contribution in [1.82, 2.24) is 10.2 Å². The monoisotopic (exact) mass is 424 g/mol. The first-order valence-corrected chi connectivity index (χ1v) is 11.2. The van der Waals surface area contributed by atoms with Crippen molar-refractivity contribution < 1.29 is 22.7 Å². The Balaban J connectivity index is 1.59. The first-order chi connectivity index (χ1) is 13.3. The Labute approximate surface area is 166 Å². The van der Waals surface area contributed by atoms with Crippen LogP contribution in [-0.4, -0.2) is 43.8 Å². The molecule has 0 radical (unpaired) electrons. The van der Waals surface area contributed by atoms with Crippen LogP contribution in [0.2, 0.25) is 0 Å². The van der Waals surface area contributed by atoms with E-state index in [1.165, 1.54) is 24.0 Å². The third kappa shape index (κ3) is 3.69. The second-order valence-electron chi connectivity index (χ2n) is 6.74. The molecule has 2 unspecified atom stereocenters. The lowest BCUT2D eigenvalue weighted by atomic mass is 10.2. The van der Waals surface area contributed by atoms with Crippen LogP contribution in [0.4, 0.5) is 10.8 Å². The van der Waals surface area contributed by atoms with E-state index in [-0.39, 0.29) is 28.1 Å². The highest BCUT2D eigenvalue weighted by Crippen LogP contribution is 2.36. The van der Waals surface area contributed by atoms with Crippen molar-refractivity contribution >= 4 is 38.1 Å². The maximum atomic E-state index is 12.8. The number of amides is 1. The Morgan fingerprint density at radius 1 is 1.36 bits per heavy atom. The molecule has 0 spiro atoms. The molecule has 150 valence electrons. The maximum Gasteiger partial charge on any atom is 0.263 e. The van der Waals surface area contributed by atoms with E-state index in [0.29, 0.717) is 29.6 Å². The Morgan fingerprint density at radius 2 is 2.18 bits per heavy atom. The lowest BCUT2D eigenvalue weighted by Gasteiger charge is -2.33. The van der Waals surface area contributed by atoms with Crippen LogP contribution in [0.25, 0.3) is 0 Å². The van der Waals surface area contributed by atoms with Gasteiger partial charge in [-0.15, -0.1) is 10.2 Å². The smallest absolute Gasteiger partial charge is 0.263 e. The van der Waals surface area contributed by atoms with Gasteiger partial charge in [-0.2, -0.15) is 0 Å². The minimum atomic E-state index is -3.90. The van der Waals surface area contributed by atoms with Crippen molar-refractivity contribution in [2.75, 3.05) is 22.8 Å². The quantitative estimate of drug-likeness (QED) is 0.802. The highest BCUT2D eigenvalue weighted by atomic mass is 32.2. The molecule has 2 aliphatic rings. The zero-order chi connectivity index (χ0) is 19.9. The summed E-state index contributed by atoms with van der Waals surface area (Å²) in [4.78, 5) is 13.5. The van der Waals surface area contributed by atoms with E-state index in [9.17, 15) is 13.2 Å². The fourth-order valence-corrected chi connectivity index (χ4v) is 5.31. The van der Waals surface area contributed by atoms with Crippen LogP contribution >= 0.6 is 11.3 Å². The molecule has 2 aliphatic heterocycles. The van der Waals surface area contributed by atoms with Gasteiger partial charge in [0.05, 0.1) is 17.1 Å². The zero-order valence-corrected chi connectivity index (χ0v) is 17.0. The number of aromatic nitrogens is 2. The van der Waals surface area contributed by atoms with Crippen LogP contribution in [0.1, 0.15) is 37.8 Å². The molecule has 1 N–H and O–H groups in total. The Hall–Kier alpha value is -2.24. The number of benzene rings is 1. The van der Waals surface area contributed by atoms with Gasteiger partial charge >= 0.3 is 0 Å².